The first kappa shape index (κ1) is 12.1. The lowest BCUT2D eigenvalue weighted by Crippen LogP contribution is -2.54. The fraction of sp³-hybridized carbons (Fsp3) is 0.500. The Morgan fingerprint density at radius 3 is 2.59 bits per heavy atom. The van der Waals surface area contributed by atoms with E-state index in [0.717, 1.165) is 11.1 Å². The molecule has 1 aromatic rings. The van der Waals surface area contributed by atoms with Crippen LogP contribution in [0.1, 0.15) is 23.6 Å². The van der Waals surface area contributed by atoms with Crippen molar-refractivity contribution in [1.29, 1.82) is 0 Å². The molecule has 17 heavy (non-hydrogen) atoms. The lowest BCUT2D eigenvalue weighted by molar-refractivity contribution is -0.169. The maximum atomic E-state index is 12.1. The molecule has 0 aromatic heterocycles. The summed E-state index contributed by atoms with van der Waals surface area (Å²) in [7, 11) is 0. The predicted octanol–water partition coefficient (Wildman–Crippen LogP) is 2.13. The van der Waals surface area contributed by atoms with Crippen LogP contribution in [-0.2, 0) is 19.7 Å². The first-order chi connectivity index (χ1) is 8.10. The summed E-state index contributed by atoms with van der Waals surface area (Å²) < 4.78 is 10.4. The molecule has 0 atom stereocenters. The summed E-state index contributed by atoms with van der Waals surface area (Å²) in [6.07, 6.45) is 0. The van der Waals surface area contributed by atoms with Crippen molar-refractivity contribution in [3.05, 3.63) is 34.9 Å². The Morgan fingerprint density at radius 1 is 1.41 bits per heavy atom. The number of carbonyl (C=O) groups is 1. The average Bonchev–Trinajstić information content (AvgIpc) is 2.20. The molecule has 1 fully saturated rings. The van der Waals surface area contributed by atoms with Gasteiger partial charge >= 0.3 is 5.97 Å². The van der Waals surface area contributed by atoms with Crippen molar-refractivity contribution in [3.8, 4) is 0 Å². The van der Waals surface area contributed by atoms with Crippen molar-refractivity contribution in [2.75, 3.05) is 19.8 Å². The van der Waals surface area contributed by atoms with Crippen LogP contribution in [0.15, 0.2) is 18.2 Å². The van der Waals surface area contributed by atoms with Gasteiger partial charge in [0, 0.05) is 0 Å². The molecule has 1 saturated heterocycles. The van der Waals surface area contributed by atoms with Crippen LogP contribution in [0.3, 0.4) is 0 Å². The van der Waals surface area contributed by atoms with Crippen LogP contribution in [0.25, 0.3) is 0 Å². The van der Waals surface area contributed by atoms with Gasteiger partial charge in [0.05, 0.1) is 19.8 Å². The SMILES string of the molecule is CCOC(=O)C1(c2ccc(C)cc2C)COC1. The average molecular weight is 234 g/mol. The fourth-order valence-corrected chi connectivity index (χ4v) is 2.31. The summed E-state index contributed by atoms with van der Waals surface area (Å²) in [5.41, 5.74) is 2.79. The standard InChI is InChI=1S/C14H18O3/c1-4-17-13(15)14(8-16-9-14)12-6-5-10(2)7-11(12)3/h5-7H,4,8-9H2,1-3H3. The minimum atomic E-state index is -0.576. The van der Waals surface area contributed by atoms with Gasteiger partial charge in [0.25, 0.3) is 0 Å². The van der Waals surface area contributed by atoms with E-state index in [9.17, 15) is 4.79 Å². The van der Waals surface area contributed by atoms with Gasteiger partial charge in [0.1, 0.15) is 5.41 Å². The van der Waals surface area contributed by atoms with Gasteiger partial charge in [0.2, 0.25) is 0 Å². The number of aryl methyl sites for hydroxylation is 2. The van der Waals surface area contributed by atoms with Crippen LogP contribution in [0.2, 0.25) is 0 Å². The van der Waals surface area contributed by atoms with Crippen molar-refractivity contribution in [2.24, 2.45) is 0 Å². The van der Waals surface area contributed by atoms with E-state index in [-0.39, 0.29) is 5.97 Å². The molecule has 1 aliphatic rings. The topological polar surface area (TPSA) is 35.5 Å². The molecule has 0 amide bonds. The fourth-order valence-electron chi connectivity index (χ4n) is 2.31. The smallest absolute Gasteiger partial charge is 0.321 e. The van der Waals surface area contributed by atoms with Crippen molar-refractivity contribution >= 4 is 5.97 Å². The molecule has 0 unspecified atom stereocenters. The van der Waals surface area contributed by atoms with E-state index >= 15 is 0 Å². The Kier molecular flexibility index (Phi) is 3.20. The normalized spacial score (nSPS) is 17.4. The number of ether oxygens (including phenoxy) is 2. The summed E-state index contributed by atoms with van der Waals surface area (Å²) in [6, 6.07) is 6.14. The molecule has 1 heterocycles. The molecule has 0 aliphatic carbocycles. The zero-order valence-electron chi connectivity index (χ0n) is 10.6. The molecule has 0 N–H and O–H groups in total. The van der Waals surface area contributed by atoms with Crippen LogP contribution in [0.5, 0.6) is 0 Å². The molecule has 0 bridgehead atoms. The van der Waals surface area contributed by atoms with Gasteiger partial charge in [-0.25, -0.2) is 0 Å². The van der Waals surface area contributed by atoms with Crippen LogP contribution in [0, 0.1) is 13.8 Å². The minimum absolute atomic E-state index is 0.168. The first-order valence-electron chi connectivity index (χ1n) is 5.93. The number of hydrogen-bond acceptors (Lipinski definition) is 3. The Hall–Kier alpha value is -1.35. The number of hydrogen-bond donors (Lipinski definition) is 0. The molecular weight excluding hydrogens is 216 g/mol. The lowest BCUT2D eigenvalue weighted by atomic mass is 9.76. The van der Waals surface area contributed by atoms with E-state index in [1.807, 2.05) is 32.9 Å². The Balaban J connectivity index is 2.38. The Bertz CT molecular complexity index is 433. The highest BCUT2D eigenvalue weighted by Crippen LogP contribution is 2.36. The quantitative estimate of drug-likeness (QED) is 0.752. The first-order valence-corrected chi connectivity index (χ1v) is 5.93. The van der Waals surface area contributed by atoms with E-state index in [1.54, 1.807) is 0 Å². The monoisotopic (exact) mass is 234 g/mol. The zero-order valence-corrected chi connectivity index (χ0v) is 10.6. The van der Waals surface area contributed by atoms with E-state index in [1.165, 1.54) is 5.56 Å². The van der Waals surface area contributed by atoms with Gasteiger partial charge in [0.15, 0.2) is 0 Å². The molecular formula is C14H18O3. The molecule has 0 radical (unpaired) electrons. The third-order valence-corrected chi connectivity index (χ3v) is 3.26. The van der Waals surface area contributed by atoms with Crippen molar-refractivity contribution in [2.45, 2.75) is 26.2 Å². The molecule has 92 valence electrons. The maximum absolute atomic E-state index is 12.1. The van der Waals surface area contributed by atoms with Crippen LogP contribution in [0.4, 0.5) is 0 Å². The van der Waals surface area contributed by atoms with Gasteiger partial charge in [-0.2, -0.15) is 0 Å². The number of carbonyl (C=O) groups excluding carboxylic acids is 1. The van der Waals surface area contributed by atoms with E-state index in [2.05, 4.69) is 6.07 Å². The van der Waals surface area contributed by atoms with Gasteiger partial charge < -0.3 is 9.47 Å². The summed E-state index contributed by atoms with van der Waals surface area (Å²) >= 11 is 0. The largest absolute Gasteiger partial charge is 0.465 e. The Morgan fingerprint density at radius 2 is 2.12 bits per heavy atom. The van der Waals surface area contributed by atoms with Gasteiger partial charge in [-0.1, -0.05) is 23.8 Å². The van der Waals surface area contributed by atoms with E-state index in [4.69, 9.17) is 9.47 Å². The van der Waals surface area contributed by atoms with Crippen LogP contribution < -0.4 is 0 Å². The molecule has 3 nitrogen and oxygen atoms in total. The number of rotatable bonds is 3. The zero-order chi connectivity index (χ0) is 12.5. The Labute approximate surface area is 102 Å². The molecule has 3 heteroatoms. The summed E-state index contributed by atoms with van der Waals surface area (Å²) in [5.74, 6) is -0.168. The highest BCUT2D eigenvalue weighted by atomic mass is 16.6. The second kappa shape index (κ2) is 4.49. The van der Waals surface area contributed by atoms with Crippen molar-refractivity contribution < 1.29 is 14.3 Å². The maximum Gasteiger partial charge on any atom is 0.321 e. The molecule has 1 aromatic carbocycles. The van der Waals surface area contributed by atoms with E-state index in [0.29, 0.717) is 19.8 Å². The minimum Gasteiger partial charge on any atom is -0.465 e. The highest BCUT2D eigenvalue weighted by molar-refractivity contribution is 5.85. The van der Waals surface area contributed by atoms with Gasteiger partial charge in [-0.05, 0) is 31.9 Å². The molecule has 1 aliphatic heterocycles. The second-order valence-corrected chi connectivity index (χ2v) is 4.61. The molecule has 0 saturated carbocycles. The summed E-state index contributed by atoms with van der Waals surface area (Å²) in [6.45, 7) is 7.16. The summed E-state index contributed by atoms with van der Waals surface area (Å²) in [5, 5.41) is 0. The molecule has 0 spiro atoms. The van der Waals surface area contributed by atoms with Crippen LogP contribution in [-0.4, -0.2) is 25.8 Å². The highest BCUT2D eigenvalue weighted by Gasteiger charge is 2.49. The third-order valence-electron chi connectivity index (χ3n) is 3.26. The number of benzene rings is 1. The van der Waals surface area contributed by atoms with Crippen molar-refractivity contribution in [1.82, 2.24) is 0 Å². The number of esters is 1. The summed E-state index contributed by atoms with van der Waals surface area (Å²) in [4.78, 5) is 12.1. The van der Waals surface area contributed by atoms with Gasteiger partial charge in [-0.3, -0.25) is 4.79 Å². The third kappa shape index (κ3) is 1.95. The molecule has 2 rings (SSSR count). The van der Waals surface area contributed by atoms with Crippen LogP contribution >= 0.6 is 0 Å². The predicted molar refractivity (Wildman–Crippen MR) is 65.0 cm³/mol. The van der Waals surface area contributed by atoms with E-state index < -0.39 is 5.41 Å². The second-order valence-electron chi connectivity index (χ2n) is 4.61. The van der Waals surface area contributed by atoms with Crippen molar-refractivity contribution in [3.63, 3.8) is 0 Å². The lowest BCUT2D eigenvalue weighted by Gasteiger charge is -2.40. The van der Waals surface area contributed by atoms with Gasteiger partial charge in [-0.15, -0.1) is 0 Å².